The van der Waals surface area contributed by atoms with Gasteiger partial charge in [-0.3, -0.25) is 18.2 Å². The Balaban J connectivity index is 1.18. The van der Waals surface area contributed by atoms with Crippen molar-refractivity contribution in [2.24, 2.45) is 0 Å². The van der Waals surface area contributed by atoms with Crippen LogP contribution in [0.25, 0.3) is 0 Å². The van der Waals surface area contributed by atoms with E-state index in [1.165, 1.54) is 47.0 Å². The molecule has 0 radical (unpaired) electrons. The molecule has 5 rings (SSSR count). The average molecular weight is 633 g/mol. The van der Waals surface area contributed by atoms with Crippen LogP contribution in [0.1, 0.15) is 20.7 Å². The lowest BCUT2D eigenvalue weighted by Crippen LogP contribution is -2.50. The minimum absolute atomic E-state index is 0.175. The number of benzene rings is 4. The molecule has 1 aliphatic rings. The summed E-state index contributed by atoms with van der Waals surface area (Å²) in [7, 11) is -4.54. The normalized spacial score (nSPS) is 13.8. The molecule has 4 aromatic carbocycles. The lowest BCUT2D eigenvalue weighted by Gasteiger charge is -2.35. The van der Waals surface area contributed by atoms with Crippen LogP contribution in [0.15, 0.2) is 119 Å². The van der Waals surface area contributed by atoms with Crippen molar-refractivity contribution in [2.45, 2.75) is 9.79 Å². The summed E-state index contributed by atoms with van der Waals surface area (Å²) in [6.45, 7) is 1.35. The van der Waals surface area contributed by atoms with Gasteiger partial charge in [0, 0.05) is 51.4 Å². The highest BCUT2D eigenvalue weighted by molar-refractivity contribution is 7.93. The molecule has 4 aromatic rings. The molecule has 1 heterocycles. The molecule has 1 saturated heterocycles. The SMILES string of the molecule is CN(c1ccc(C(=O)N2CCN(C(=O)c3ccc(N(C)S(=O)(=O)c4ccccc4)cc3)CC2)cc1)S(=O)(=O)c1ccccc1. The number of hydrogen-bond donors (Lipinski definition) is 0. The van der Waals surface area contributed by atoms with Gasteiger partial charge < -0.3 is 9.80 Å². The lowest BCUT2D eigenvalue weighted by atomic mass is 10.1. The highest BCUT2D eigenvalue weighted by Gasteiger charge is 2.27. The van der Waals surface area contributed by atoms with Crippen molar-refractivity contribution in [1.29, 1.82) is 0 Å². The van der Waals surface area contributed by atoms with Crippen molar-refractivity contribution in [1.82, 2.24) is 9.80 Å². The van der Waals surface area contributed by atoms with Gasteiger partial charge in [-0.1, -0.05) is 36.4 Å². The molecule has 0 aromatic heterocycles. The predicted molar refractivity (Wildman–Crippen MR) is 169 cm³/mol. The number of nitrogens with zero attached hydrogens (tertiary/aromatic N) is 4. The summed E-state index contributed by atoms with van der Waals surface area (Å²) in [6, 6.07) is 29.0. The van der Waals surface area contributed by atoms with Crippen LogP contribution in [0, 0.1) is 0 Å². The third-order valence-electron chi connectivity index (χ3n) is 7.61. The Morgan fingerprint density at radius 2 is 0.795 bits per heavy atom. The van der Waals surface area contributed by atoms with E-state index in [-0.39, 0.29) is 21.6 Å². The first-order valence-corrected chi connectivity index (χ1v) is 16.7. The zero-order valence-electron chi connectivity index (χ0n) is 24.3. The number of anilines is 2. The van der Waals surface area contributed by atoms with Crippen LogP contribution in [-0.4, -0.2) is 78.7 Å². The molecule has 0 N–H and O–H groups in total. The van der Waals surface area contributed by atoms with E-state index in [0.717, 1.165) is 0 Å². The summed E-state index contributed by atoms with van der Waals surface area (Å²) in [5.41, 5.74) is 1.69. The number of rotatable bonds is 8. The maximum Gasteiger partial charge on any atom is 0.264 e. The van der Waals surface area contributed by atoms with Gasteiger partial charge >= 0.3 is 0 Å². The van der Waals surface area contributed by atoms with Gasteiger partial charge in [-0.25, -0.2) is 16.8 Å². The molecule has 44 heavy (non-hydrogen) atoms. The molecule has 1 aliphatic heterocycles. The molecule has 0 atom stereocenters. The second-order valence-corrected chi connectivity index (χ2v) is 14.2. The highest BCUT2D eigenvalue weighted by Crippen LogP contribution is 2.24. The van der Waals surface area contributed by atoms with Crippen molar-refractivity contribution in [2.75, 3.05) is 48.9 Å². The summed E-state index contributed by atoms with van der Waals surface area (Å²) >= 11 is 0. The van der Waals surface area contributed by atoms with E-state index in [4.69, 9.17) is 0 Å². The van der Waals surface area contributed by atoms with E-state index >= 15 is 0 Å². The monoisotopic (exact) mass is 632 g/mol. The zero-order chi connectivity index (χ0) is 31.5. The Morgan fingerprint density at radius 1 is 0.500 bits per heavy atom. The first-order valence-electron chi connectivity index (χ1n) is 13.9. The molecule has 0 saturated carbocycles. The number of piperazine rings is 1. The Bertz CT molecular complexity index is 1700. The summed E-state index contributed by atoms with van der Waals surface area (Å²) in [4.78, 5) is 30.0. The topological polar surface area (TPSA) is 115 Å². The van der Waals surface area contributed by atoms with E-state index in [0.29, 0.717) is 48.7 Å². The minimum Gasteiger partial charge on any atom is -0.335 e. The van der Waals surface area contributed by atoms with Gasteiger partial charge in [0.1, 0.15) is 0 Å². The van der Waals surface area contributed by atoms with Crippen molar-refractivity contribution in [3.63, 3.8) is 0 Å². The molecule has 0 spiro atoms. The maximum absolute atomic E-state index is 13.2. The molecule has 1 fully saturated rings. The molecule has 228 valence electrons. The first kappa shape index (κ1) is 30.8. The van der Waals surface area contributed by atoms with Crippen molar-refractivity contribution in [3.8, 4) is 0 Å². The lowest BCUT2D eigenvalue weighted by molar-refractivity contribution is 0.0535. The third-order valence-corrected chi connectivity index (χ3v) is 11.2. The molecular weight excluding hydrogens is 601 g/mol. The van der Waals surface area contributed by atoms with Crippen molar-refractivity contribution >= 4 is 43.2 Å². The fourth-order valence-corrected chi connectivity index (χ4v) is 7.32. The van der Waals surface area contributed by atoms with Crippen molar-refractivity contribution < 1.29 is 26.4 Å². The van der Waals surface area contributed by atoms with Gasteiger partial charge in [0.15, 0.2) is 0 Å². The highest BCUT2D eigenvalue weighted by atomic mass is 32.2. The maximum atomic E-state index is 13.2. The Labute approximate surface area is 257 Å². The quantitative estimate of drug-likeness (QED) is 0.291. The average Bonchev–Trinajstić information content (AvgIpc) is 3.08. The molecule has 10 nitrogen and oxygen atoms in total. The molecule has 0 bridgehead atoms. The van der Waals surface area contributed by atoms with Gasteiger partial charge in [0.2, 0.25) is 0 Å². The fourth-order valence-electron chi connectivity index (χ4n) is 4.88. The second-order valence-electron chi connectivity index (χ2n) is 10.2. The summed E-state index contributed by atoms with van der Waals surface area (Å²) < 4.78 is 54.0. The number of amides is 2. The summed E-state index contributed by atoms with van der Waals surface area (Å²) in [6.07, 6.45) is 0. The number of carbonyl (C=O) groups excluding carboxylic acids is 2. The van der Waals surface area contributed by atoms with Crippen molar-refractivity contribution in [3.05, 3.63) is 120 Å². The van der Waals surface area contributed by atoms with Gasteiger partial charge in [0.05, 0.1) is 21.2 Å². The first-order chi connectivity index (χ1) is 21.0. The van der Waals surface area contributed by atoms with E-state index in [2.05, 4.69) is 0 Å². The predicted octanol–water partition coefficient (Wildman–Crippen LogP) is 3.94. The van der Waals surface area contributed by atoms with Crippen LogP contribution in [0.3, 0.4) is 0 Å². The fraction of sp³-hybridized carbons (Fsp3) is 0.188. The molecule has 12 heteroatoms. The van der Waals surface area contributed by atoms with Crippen LogP contribution in [0.5, 0.6) is 0 Å². The van der Waals surface area contributed by atoms with Gasteiger partial charge in [0.25, 0.3) is 31.9 Å². The molecular formula is C32H32N4O6S2. The molecule has 0 unspecified atom stereocenters. The second kappa shape index (κ2) is 12.5. The number of sulfonamides is 2. The van der Waals surface area contributed by atoms with Gasteiger partial charge in [-0.05, 0) is 72.8 Å². The largest absolute Gasteiger partial charge is 0.335 e. The Morgan fingerprint density at radius 3 is 1.09 bits per heavy atom. The van der Waals surface area contributed by atoms with Crippen LogP contribution in [0.4, 0.5) is 11.4 Å². The van der Waals surface area contributed by atoms with E-state index in [1.54, 1.807) is 94.7 Å². The smallest absolute Gasteiger partial charge is 0.264 e. The van der Waals surface area contributed by atoms with Crippen LogP contribution in [-0.2, 0) is 20.0 Å². The third kappa shape index (κ3) is 6.17. The van der Waals surface area contributed by atoms with Crippen LogP contribution < -0.4 is 8.61 Å². The van der Waals surface area contributed by atoms with Gasteiger partial charge in [-0.15, -0.1) is 0 Å². The number of carbonyl (C=O) groups is 2. The summed E-state index contributed by atoms with van der Waals surface area (Å²) in [5, 5.41) is 0. The minimum atomic E-state index is -3.74. The Hall–Kier alpha value is -4.68. The van der Waals surface area contributed by atoms with E-state index < -0.39 is 20.0 Å². The Kier molecular flexibility index (Phi) is 8.75. The van der Waals surface area contributed by atoms with E-state index in [1.807, 2.05) is 0 Å². The number of hydrogen-bond acceptors (Lipinski definition) is 6. The zero-order valence-corrected chi connectivity index (χ0v) is 25.9. The van der Waals surface area contributed by atoms with E-state index in [9.17, 15) is 26.4 Å². The van der Waals surface area contributed by atoms with Crippen LogP contribution in [0.2, 0.25) is 0 Å². The summed E-state index contributed by atoms with van der Waals surface area (Å²) in [5.74, 6) is -0.409. The standard InChI is InChI=1S/C32H32N4O6S2/c1-33(43(39,40)29-9-5-3-6-10-29)27-17-13-25(14-18-27)31(37)35-21-23-36(24-22-35)32(38)26-15-19-28(20-16-26)34(2)44(41,42)30-11-7-4-8-12-30/h3-20H,21-24H2,1-2H3. The van der Waals surface area contributed by atoms with Gasteiger partial charge in [-0.2, -0.15) is 0 Å². The van der Waals surface area contributed by atoms with Crippen LogP contribution >= 0.6 is 0 Å². The molecule has 2 amide bonds. The molecule has 0 aliphatic carbocycles.